The van der Waals surface area contributed by atoms with Crippen LogP contribution in [0.5, 0.6) is 5.75 Å². The summed E-state index contributed by atoms with van der Waals surface area (Å²) in [5, 5.41) is 18.2. The van der Waals surface area contributed by atoms with Crippen LogP contribution in [-0.2, 0) is 30.8 Å². The molecule has 180 valence electrons. The lowest BCUT2D eigenvalue weighted by Gasteiger charge is -2.35. The Morgan fingerprint density at radius 1 is 1.24 bits per heavy atom. The van der Waals surface area contributed by atoms with E-state index in [2.05, 4.69) is 0 Å². The first-order chi connectivity index (χ1) is 15.9. The minimum Gasteiger partial charge on any atom is -0.486 e. The average Bonchev–Trinajstić information content (AvgIpc) is 2.75. The number of carboxylic acid groups (broad SMARTS) is 1. The molecule has 0 amide bonds. The summed E-state index contributed by atoms with van der Waals surface area (Å²) in [7, 11) is -4.11. The van der Waals surface area contributed by atoms with Gasteiger partial charge in [0.05, 0.1) is 35.2 Å². The van der Waals surface area contributed by atoms with Crippen LogP contribution in [0.25, 0.3) is 0 Å². The molecule has 0 spiro atoms. The van der Waals surface area contributed by atoms with E-state index >= 15 is 0 Å². The molecule has 1 aliphatic rings. The summed E-state index contributed by atoms with van der Waals surface area (Å²) in [5.41, 5.74) is 0.296. The number of aliphatic carboxylic acids is 1. The highest BCUT2D eigenvalue weighted by molar-refractivity contribution is 7.92. The minimum absolute atomic E-state index is 0.0647. The van der Waals surface area contributed by atoms with Crippen LogP contribution in [-0.4, -0.2) is 43.7 Å². The molecule has 1 N–H and O–H groups in total. The number of rotatable bonds is 7. The van der Waals surface area contributed by atoms with Crippen LogP contribution in [0.2, 0.25) is 0 Å². The molecule has 0 fully saturated rings. The summed E-state index contributed by atoms with van der Waals surface area (Å²) in [6.45, 7) is 5.15. The third-order valence-corrected chi connectivity index (χ3v) is 6.73. The molecule has 0 aliphatic carbocycles. The van der Waals surface area contributed by atoms with Crippen molar-refractivity contribution < 1.29 is 32.6 Å². The largest absolute Gasteiger partial charge is 0.486 e. The molecule has 0 unspecified atom stereocenters. The Kier molecular flexibility index (Phi) is 7.17. The molecule has 2 aromatic rings. The third-order valence-electron chi connectivity index (χ3n) is 4.95. The fourth-order valence-electron chi connectivity index (χ4n) is 3.53. The first kappa shape index (κ1) is 25.1. The van der Waals surface area contributed by atoms with Gasteiger partial charge in [-0.25, -0.2) is 8.42 Å². The molecule has 0 aromatic heterocycles. The average molecular weight is 487 g/mol. The number of nitriles is 1. The van der Waals surface area contributed by atoms with Gasteiger partial charge < -0.3 is 14.6 Å². The van der Waals surface area contributed by atoms with Crippen molar-refractivity contribution in [3.63, 3.8) is 0 Å². The maximum atomic E-state index is 13.6. The number of esters is 1. The van der Waals surface area contributed by atoms with Crippen molar-refractivity contribution in [1.82, 2.24) is 0 Å². The van der Waals surface area contributed by atoms with Gasteiger partial charge in [-0.05, 0) is 63.1 Å². The molecule has 0 saturated heterocycles. The van der Waals surface area contributed by atoms with Crippen molar-refractivity contribution in [1.29, 1.82) is 5.26 Å². The number of fused-ring (bicyclic) bond motifs is 1. The second-order valence-corrected chi connectivity index (χ2v) is 10.8. The third kappa shape index (κ3) is 6.05. The van der Waals surface area contributed by atoms with Gasteiger partial charge in [-0.3, -0.25) is 13.9 Å². The summed E-state index contributed by atoms with van der Waals surface area (Å²) in [6, 6.07) is 12.3. The quantitative estimate of drug-likeness (QED) is 0.590. The monoisotopic (exact) mass is 486 g/mol. The summed E-state index contributed by atoms with van der Waals surface area (Å²) >= 11 is 0. The molecule has 34 heavy (non-hydrogen) atoms. The van der Waals surface area contributed by atoms with Crippen LogP contribution in [0.3, 0.4) is 0 Å². The molecule has 0 saturated carbocycles. The van der Waals surface area contributed by atoms with E-state index in [1.165, 1.54) is 24.3 Å². The van der Waals surface area contributed by atoms with Crippen LogP contribution in [0, 0.1) is 11.3 Å². The zero-order chi connectivity index (χ0) is 25.1. The fourth-order valence-corrected chi connectivity index (χ4v) is 5.07. The smallest absolute Gasteiger partial charge is 0.310 e. The molecule has 9 nitrogen and oxygen atoms in total. The molecule has 1 aliphatic heterocycles. The molecule has 3 rings (SSSR count). The van der Waals surface area contributed by atoms with Crippen molar-refractivity contribution in [3.8, 4) is 11.8 Å². The van der Waals surface area contributed by atoms with Gasteiger partial charge in [0.2, 0.25) is 0 Å². The highest BCUT2D eigenvalue weighted by Gasteiger charge is 2.35. The van der Waals surface area contributed by atoms with Gasteiger partial charge in [-0.1, -0.05) is 12.1 Å². The number of sulfonamides is 1. The molecule has 10 heteroatoms. The van der Waals surface area contributed by atoms with Crippen molar-refractivity contribution >= 4 is 27.6 Å². The van der Waals surface area contributed by atoms with E-state index < -0.39 is 33.7 Å². The zero-order valence-corrected chi connectivity index (χ0v) is 20.0. The second kappa shape index (κ2) is 9.73. The van der Waals surface area contributed by atoms with E-state index in [9.17, 15) is 23.3 Å². The number of carbonyl (C=O) groups excluding carboxylic acids is 1. The van der Waals surface area contributed by atoms with E-state index in [4.69, 9.17) is 14.6 Å². The Hall–Kier alpha value is -3.58. The summed E-state index contributed by atoms with van der Waals surface area (Å²) in [5.74, 6) is -1.22. The molecule has 2 aromatic carbocycles. The van der Waals surface area contributed by atoms with Crippen molar-refractivity contribution in [2.45, 2.75) is 56.6 Å². The van der Waals surface area contributed by atoms with Crippen LogP contribution in [0.4, 0.5) is 5.69 Å². The van der Waals surface area contributed by atoms with E-state index in [1.54, 1.807) is 39.0 Å². The lowest BCUT2D eigenvalue weighted by atomic mass is 10.1. The van der Waals surface area contributed by atoms with Crippen LogP contribution < -0.4 is 9.04 Å². The zero-order valence-electron chi connectivity index (χ0n) is 19.1. The molecule has 0 radical (unpaired) electrons. The van der Waals surface area contributed by atoms with Gasteiger partial charge in [0.15, 0.2) is 0 Å². The Labute approximate surface area is 198 Å². The summed E-state index contributed by atoms with van der Waals surface area (Å²) in [6.07, 6.45) is -0.827. The highest BCUT2D eigenvalue weighted by Crippen LogP contribution is 2.39. The van der Waals surface area contributed by atoms with E-state index in [0.717, 1.165) is 4.31 Å². The molecular formula is C24H26N2O7S. The standard InChI is InChI=1S/C24H26N2O7S/c1-24(2,3)33-23(29)13-16-7-9-21-20(12-16)26(15-18(32-21)8-10-22(27)28)34(30,31)19-6-4-5-17(11-19)14-25/h4-7,9,11-12,18H,8,10,13,15H2,1-3H3,(H,27,28)/t18-/m0/s1. The molecule has 0 bridgehead atoms. The maximum Gasteiger partial charge on any atom is 0.310 e. The van der Waals surface area contributed by atoms with Crippen molar-refractivity contribution in [2.75, 3.05) is 10.8 Å². The Balaban J connectivity index is 2.00. The molecular weight excluding hydrogens is 460 g/mol. The van der Waals surface area contributed by atoms with E-state index in [1.807, 2.05) is 6.07 Å². The Bertz CT molecular complexity index is 1240. The predicted molar refractivity (Wildman–Crippen MR) is 123 cm³/mol. The number of carbonyl (C=O) groups is 2. The lowest BCUT2D eigenvalue weighted by molar-refractivity contribution is -0.154. The fraction of sp³-hybridized carbons (Fsp3) is 0.375. The van der Waals surface area contributed by atoms with Crippen LogP contribution in [0.1, 0.15) is 44.7 Å². The van der Waals surface area contributed by atoms with Gasteiger partial charge in [-0.2, -0.15) is 5.26 Å². The number of carboxylic acids is 1. The van der Waals surface area contributed by atoms with Gasteiger partial charge in [0.25, 0.3) is 10.0 Å². The number of anilines is 1. The van der Waals surface area contributed by atoms with Gasteiger partial charge in [0, 0.05) is 6.42 Å². The highest BCUT2D eigenvalue weighted by atomic mass is 32.2. The molecule has 1 atom stereocenters. The first-order valence-electron chi connectivity index (χ1n) is 10.6. The van der Waals surface area contributed by atoms with Crippen LogP contribution >= 0.6 is 0 Å². The number of benzene rings is 2. The summed E-state index contributed by atoms with van der Waals surface area (Å²) < 4.78 is 39.5. The minimum atomic E-state index is -4.11. The SMILES string of the molecule is CC(C)(C)OC(=O)Cc1ccc2c(c1)N(S(=O)(=O)c1cccc(C#N)c1)C[C@H](CCC(=O)O)O2. The van der Waals surface area contributed by atoms with Gasteiger partial charge in [-0.15, -0.1) is 0 Å². The predicted octanol–water partition coefficient (Wildman–Crippen LogP) is 3.26. The number of nitrogens with zero attached hydrogens (tertiary/aromatic N) is 2. The normalized spacial score (nSPS) is 15.6. The Morgan fingerprint density at radius 2 is 1.97 bits per heavy atom. The van der Waals surface area contributed by atoms with Crippen LogP contribution in [0.15, 0.2) is 47.4 Å². The number of hydrogen-bond acceptors (Lipinski definition) is 7. The topological polar surface area (TPSA) is 134 Å². The Morgan fingerprint density at radius 3 is 2.62 bits per heavy atom. The first-order valence-corrected chi connectivity index (χ1v) is 12.1. The van der Waals surface area contributed by atoms with Gasteiger partial charge >= 0.3 is 11.9 Å². The van der Waals surface area contributed by atoms with Crippen molar-refractivity contribution in [2.24, 2.45) is 0 Å². The summed E-state index contributed by atoms with van der Waals surface area (Å²) in [4.78, 5) is 23.3. The van der Waals surface area contributed by atoms with E-state index in [-0.39, 0.29) is 47.7 Å². The van der Waals surface area contributed by atoms with Crippen molar-refractivity contribution in [3.05, 3.63) is 53.6 Å². The number of hydrogen-bond donors (Lipinski definition) is 1. The maximum absolute atomic E-state index is 13.6. The second-order valence-electron chi connectivity index (χ2n) is 8.91. The van der Waals surface area contributed by atoms with E-state index in [0.29, 0.717) is 5.56 Å². The molecule has 1 heterocycles. The number of ether oxygens (including phenoxy) is 2. The van der Waals surface area contributed by atoms with Gasteiger partial charge in [0.1, 0.15) is 17.5 Å². The lowest BCUT2D eigenvalue weighted by Crippen LogP contribution is -2.43.